The molecule has 0 bridgehead atoms. The van der Waals surface area contributed by atoms with Crippen LogP contribution in [0.4, 0.5) is 4.39 Å². The maximum Gasteiger partial charge on any atom is 0.270 e. The second kappa shape index (κ2) is 10.6. The van der Waals surface area contributed by atoms with E-state index in [-0.39, 0.29) is 36.4 Å². The van der Waals surface area contributed by atoms with Crippen LogP contribution in [-0.2, 0) is 17.8 Å². The standard InChI is InChI=1S/C31H31FN6O2/c1-19-13-22(8-7-21-9-11-37(12-10-21)20(2)39)14-27(34-19)31(40)36-29(26-15-23-5-3-4-6-25(23)35-26)30-28-16-24(32)17-38(28)18-33-30/h3-6,13-15,18,21,24,29,35H,9-12,16-17H2,1-2H3,(H,36,40)/t24-,29?/m1/s1. The van der Waals surface area contributed by atoms with Crippen molar-refractivity contribution in [3.05, 3.63) is 82.8 Å². The first-order chi connectivity index (χ1) is 19.3. The number of hydrogen-bond acceptors (Lipinski definition) is 4. The number of hydrogen-bond donors (Lipinski definition) is 2. The van der Waals surface area contributed by atoms with Crippen LogP contribution >= 0.6 is 0 Å². The van der Waals surface area contributed by atoms with E-state index in [0.717, 1.165) is 40.7 Å². The predicted molar refractivity (Wildman–Crippen MR) is 149 cm³/mol. The molecule has 2 amide bonds. The van der Waals surface area contributed by atoms with Gasteiger partial charge in [0.15, 0.2) is 0 Å². The first-order valence-electron chi connectivity index (χ1n) is 13.7. The van der Waals surface area contributed by atoms with Gasteiger partial charge < -0.3 is 19.8 Å². The van der Waals surface area contributed by atoms with Gasteiger partial charge in [-0.2, -0.15) is 0 Å². The maximum atomic E-state index is 14.3. The topological polar surface area (TPSA) is 95.9 Å². The summed E-state index contributed by atoms with van der Waals surface area (Å²) < 4.78 is 16.1. The van der Waals surface area contributed by atoms with E-state index in [1.807, 2.05) is 52.8 Å². The zero-order valence-electron chi connectivity index (χ0n) is 22.6. The van der Waals surface area contributed by atoms with Crippen LogP contribution in [0.3, 0.4) is 0 Å². The van der Waals surface area contributed by atoms with Gasteiger partial charge in [-0.15, -0.1) is 0 Å². The lowest BCUT2D eigenvalue weighted by Gasteiger charge is -2.28. The highest BCUT2D eigenvalue weighted by molar-refractivity contribution is 5.93. The highest BCUT2D eigenvalue weighted by Gasteiger charge is 2.31. The van der Waals surface area contributed by atoms with Crippen molar-refractivity contribution >= 4 is 22.7 Å². The Morgan fingerprint density at radius 3 is 2.75 bits per heavy atom. The molecule has 2 aliphatic rings. The third-order valence-corrected chi connectivity index (χ3v) is 7.75. The molecule has 4 aromatic rings. The predicted octanol–water partition coefficient (Wildman–Crippen LogP) is 4.09. The van der Waals surface area contributed by atoms with Gasteiger partial charge in [-0.05, 0) is 49.4 Å². The van der Waals surface area contributed by atoms with E-state index < -0.39 is 12.2 Å². The van der Waals surface area contributed by atoms with Crippen molar-refractivity contribution in [1.82, 2.24) is 29.7 Å². The number of H-pyrrole nitrogens is 1. The van der Waals surface area contributed by atoms with Gasteiger partial charge in [-0.3, -0.25) is 9.59 Å². The first kappa shape index (κ1) is 25.8. The summed E-state index contributed by atoms with van der Waals surface area (Å²) in [6.07, 6.45) is 2.61. The summed E-state index contributed by atoms with van der Waals surface area (Å²) in [6.45, 7) is 5.14. The number of nitrogens with zero attached hydrogens (tertiary/aromatic N) is 4. The number of piperidine rings is 1. The number of aromatic amines is 1. The quantitative estimate of drug-likeness (QED) is 0.383. The molecule has 6 rings (SSSR count). The number of imidazole rings is 1. The fourth-order valence-corrected chi connectivity index (χ4v) is 5.66. The maximum absolute atomic E-state index is 14.3. The van der Waals surface area contributed by atoms with Gasteiger partial charge in [0.25, 0.3) is 5.91 Å². The van der Waals surface area contributed by atoms with E-state index in [1.165, 1.54) is 0 Å². The number of nitrogens with one attached hydrogen (secondary N) is 2. The molecule has 40 heavy (non-hydrogen) atoms. The van der Waals surface area contributed by atoms with Crippen molar-refractivity contribution in [2.45, 2.75) is 51.9 Å². The number of rotatable bonds is 4. The van der Waals surface area contributed by atoms with Crippen molar-refractivity contribution in [2.24, 2.45) is 5.92 Å². The Balaban J connectivity index is 1.27. The zero-order valence-corrected chi connectivity index (χ0v) is 22.6. The van der Waals surface area contributed by atoms with E-state index in [9.17, 15) is 14.0 Å². The Labute approximate surface area is 232 Å². The number of halogens is 1. The van der Waals surface area contributed by atoms with Crippen LogP contribution in [0.2, 0.25) is 0 Å². The van der Waals surface area contributed by atoms with Crippen LogP contribution in [0.25, 0.3) is 10.9 Å². The average molecular weight is 539 g/mol. The van der Waals surface area contributed by atoms with Crippen molar-refractivity contribution in [3.8, 4) is 11.8 Å². The number of carbonyl (C=O) groups is 2. The second-order valence-electron chi connectivity index (χ2n) is 10.7. The minimum Gasteiger partial charge on any atom is -0.356 e. The van der Waals surface area contributed by atoms with Crippen LogP contribution in [0.1, 0.15) is 64.6 Å². The van der Waals surface area contributed by atoms with Gasteiger partial charge in [-0.25, -0.2) is 14.4 Å². The van der Waals surface area contributed by atoms with Gasteiger partial charge in [0.05, 0.1) is 18.6 Å². The lowest BCUT2D eigenvalue weighted by atomic mass is 9.97. The zero-order chi connectivity index (χ0) is 27.8. The number of aryl methyl sites for hydroxylation is 1. The summed E-state index contributed by atoms with van der Waals surface area (Å²) in [5, 5.41) is 4.13. The first-order valence-corrected chi connectivity index (χ1v) is 13.7. The van der Waals surface area contributed by atoms with Gasteiger partial charge in [0, 0.05) is 60.5 Å². The minimum absolute atomic E-state index is 0.0996. The molecule has 1 aromatic carbocycles. The lowest BCUT2D eigenvalue weighted by molar-refractivity contribution is -0.129. The van der Waals surface area contributed by atoms with Crippen molar-refractivity contribution in [3.63, 3.8) is 0 Å². The van der Waals surface area contributed by atoms with Crippen molar-refractivity contribution in [2.75, 3.05) is 13.1 Å². The second-order valence-corrected chi connectivity index (χ2v) is 10.7. The minimum atomic E-state index is -0.968. The summed E-state index contributed by atoms with van der Waals surface area (Å²) >= 11 is 0. The summed E-state index contributed by atoms with van der Waals surface area (Å²) in [5.74, 6) is 6.50. The summed E-state index contributed by atoms with van der Waals surface area (Å²) in [4.78, 5) is 39.6. The SMILES string of the molecule is CC(=O)N1CCC(C#Cc2cc(C)nc(C(=O)NC(c3cc4ccccc4[nH]3)c3ncn4c3C[C@@H](F)C4)c2)CC1. The largest absolute Gasteiger partial charge is 0.356 e. The van der Waals surface area contributed by atoms with Crippen LogP contribution in [0.15, 0.2) is 48.8 Å². The number of amides is 2. The van der Waals surface area contributed by atoms with Crippen LogP contribution in [0, 0.1) is 24.7 Å². The van der Waals surface area contributed by atoms with Gasteiger partial charge >= 0.3 is 0 Å². The Morgan fingerprint density at radius 2 is 1.98 bits per heavy atom. The Hall–Kier alpha value is -4.45. The molecule has 8 nitrogen and oxygen atoms in total. The smallest absolute Gasteiger partial charge is 0.270 e. The highest BCUT2D eigenvalue weighted by Crippen LogP contribution is 2.31. The van der Waals surface area contributed by atoms with Gasteiger partial charge in [0.2, 0.25) is 5.91 Å². The number of pyridine rings is 1. The van der Waals surface area contributed by atoms with E-state index in [4.69, 9.17) is 0 Å². The third-order valence-electron chi connectivity index (χ3n) is 7.75. The molecule has 2 aliphatic heterocycles. The van der Waals surface area contributed by atoms with Crippen LogP contribution in [0.5, 0.6) is 0 Å². The molecule has 204 valence electrons. The average Bonchev–Trinajstić information content (AvgIpc) is 3.64. The number of aromatic nitrogens is 4. The fraction of sp³-hybridized carbons (Fsp3) is 0.355. The van der Waals surface area contributed by atoms with Gasteiger partial charge in [-0.1, -0.05) is 30.0 Å². The molecule has 1 fully saturated rings. The molecule has 0 aliphatic carbocycles. The Kier molecular flexibility index (Phi) is 6.84. The van der Waals surface area contributed by atoms with Gasteiger partial charge in [0.1, 0.15) is 17.9 Å². The number of benzene rings is 1. The number of likely N-dealkylation sites (tertiary alicyclic amines) is 1. The highest BCUT2D eigenvalue weighted by atomic mass is 19.1. The summed E-state index contributed by atoms with van der Waals surface area (Å²) in [5.41, 5.74) is 4.79. The number of fused-ring (bicyclic) bond motifs is 2. The molecular formula is C31H31FN6O2. The molecule has 2 N–H and O–H groups in total. The Morgan fingerprint density at radius 1 is 1.18 bits per heavy atom. The van der Waals surface area contributed by atoms with E-state index in [1.54, 1.807) is 19.3 Å². The van der Waals surface area contributed by atoms with E-state index in [0.29, 0.717) is 24.5 Å². The molecule has 0 saturated carbocycles. The monoisotopic (exact) mass is 538 g/mol. The molecular weight excluding hydrogens is 507 g/mol. The van der Waals surface area contributed by atoms with Crippen LogP contribution < -0.4 is 5.32 Å². The fourth-order valence-electron chi connectivity index (χ4n) is 5.66. The normalized spacial score (nSPS) is 17.8. The lowest BCUT2D eigenvalue weighted by Crippen LogP contribution is -2.36. The molecule has 9 heteroatoms. The summed E-state index contributed by atoms with van der Waals surface area (Å²) in [7, 11) is 0. The van der Waals surface area contributed by atoms with E-state index >= 15 is 0 Å². The van der Waals surface area contributed by atoms with Crippen LogP contribution in [-0.4, -0.2) is 55.5 Å². The molecule has 3 aromatic heterocycles. The third kappa shape index (κ3) is 5.22. The molecule has 5 heterocycles. The van der Waals surface area contributed by atoms with Crippen molar-refractivity contribution in [1.29, 1.82) is 0 Å². The summed E-state index contributed by atoms with van der Waals surface area (Å²) in [6, 6.07) is 12.8. The van der Waals surface area contributed by atoms with Crippen molar-refractivity contribution < 1.29 is 14.0 Å². The number of para-hydroxylation sites is 1. The Bertz CT molecular complexity index is 1620. The number of carbonyl (C=O) groups excluding carboxylic acids is 2. The number of alkyl halides is 1. The van der Waals surface area contributed by atoms with E-state index in [2.05, 4.69) is 32.1 Å². The molecule has 1 saturated heterocycles. The molecule has 1 unspecified atom stereocenters. The molecule has 2 atom stereocenters. The molecule has 0 radical (unpaired) electrons. The molecule has 0 spiro atoms.